The van der Waals surface area contributed by atoms with Gasteiger partial charge in [-0.05, 0) is 0 Å². The van der Waals surface area contributed by atoms with Crippen molar-refractivity contribution in [2.75, 3.05) is 6.54 Å². The second-order valence-electron chi connectivity index (χ2n) is 3.06. The van der Waals surface area contributed by atoms with E-state index >= 15 is 0 Å². The Morgan fingerprint density at radius 3 is 2.33 bits per heavy atom. The molecule has 1 unspecified atom stereocenters. The number of rotatable bonds is 1. The molecule has 0 bridgehead atoms. The summed E-state index contributed by atoms with van der Waals surface area (Å²) in [7, 11) is 0. The number of carbonyl (C=O) groups is 1. The average Bonchev–Trinajstić information content (AvgIpc) is 2.49. The van der Waals surface area contributed by atoms with Crippen LogP contribution in [0.3, 0.4) is 0 Å². The molecule has 2 rings (SSSR count). The zero-order valence-corrected chi connectivity index (χ0v) is 7.39. The van der Waals surface area contributed by atoms with Gasteiger partial charge in [-0.25, -0.2) is 18.0 Å². The molecule has 1 aliphatic rings. The zero-order valence-electron chi connectivity index (χ0n) is 7.39. The Balaban J connectivity index is 2.39. The molecule has 0 aromatic heterocycles. The summed E-state index contributed by atoms with van der Waals surface area (Å²) in [5, 5.41) is 2.25. The summed E-state index contributed by atoms with van der Waals surface area (Å²) in [4.78, 5) is 10.7. The SMILES string of the molecule is O=C1NCC(c2c(F)cc(F)cc2F)O1. The van der Waals surface area contributed by atoms with Gasteiger partial charge in [-0.1, -0.05) is 0 Å². The van der Waals surface area contributed by atoms with Crippen LogP contribution in [-0.2, 0) is 4.74 Å². The van der Waals surface area contributed by atoms with Gasteiger partial charge in [-0.15, -0.1) is 0 Å². The van der Waals surface area contributed by atoms with Gasteiger partial charge in [-0.3, -0.25) is 0 Å². The molecule has 15 heavy (non-hydrogen) atoms. The maximum absolute atomic E-state index is 13.2. The molecule has 1 amide bonds. The van der Waals surface area contributed by atoms with Crippen LogP contribution in [0.5, 0.6) is 0 Å². The van der Waals surface area contributed by atoms with Crippen LogP contribution in [0.25, 0.3) is 0 Å². The van der Waals surface area contributed by atoms with Crippen LogP contribution in [0, 0.1) is 17.5 Å². The Kier molecular flexibility index (Phi) is 2.26. The van der Waals surface area contributed by atoms with Crippen molar-refractivity contribution in [3.8, 4) is 0 Å². The molecule has 80 valence electrons. The van der Waals surface area contributed by atoms with Crippen molar-refractivity contribution >= 4 is 6.09 Å². The molecule has 1 aromatic carbocycles. The quantitative estimate of drug-likeness (QED) is 0.779. The highest BCUT2D eigenvalue weighted by Crippen LogP contribution is 2.26. The van der Waals surface area contributed by atoms with E-state index in [-0.39, 0.29) is 6.54 Å². The standard InChI is InChI=1S/C9H6F3NO2/c10-4-1-5(11)8(6(12)2-4)7-3-13-9(14)15-7/h1-2,7H,3H2,(H,13,14). The number of cyclic esters (lactones) is 1. The van der Waals surface area contributed by atoms with Crippen molar-refractivity contribution < 1.29 is 22.7 Å². The normalized spacial score (nSPS) is 19.9. The Morgan fingerprint density at radius 1 is 1.27 bits per heavy atom. The van der Waals surface area contributed by atoms with E-state index in [0.29, 0.717) is 12.1 Å². The third-order valence-electron chi connectivity index (χ3n) is 2.05. The van der Waals surface area contributed by atoms with Crippen LogP contribution in [0.15, 0.2) is 12.1 Å². The van der Waals surface area contributed by atoms with Crippen molar-refractivity contribution in [1.29, 1.82) is 0 Å². The predicted molar refractivity (Wildman–Crippen MR) is 43.5 cm³/mol. The summed E-state index contributed by atoms with van der Waals surface area (Å²) in [5.74, 6) is -3.13. The van der Waals surface area contributed by atoms with E-state index in [1.54, 1.807) is 0 Å². The van der Waals surface area contributed by atoms with Crippen molar-refractivity contribution in [2.24, 2.45) is 0 Å². The molecule has 0 saturated carbocycles. The second-order valence-corrected chi connectivity index (χ2v) is 3.06. The van der Waals surface area contributed by atoms with Crippen molar-refractivity contribution in [3.63, 3.8) is 0 Å². The third-order valence-corrected chi connectivity index (χ3v) is 2.05. The summed E-state index contributed by atoms with van der Waals surface area (Å²) >= 11 is 0. The first-order chi connectivity index (χ1) is 7.08. The lowest BCUT2D eigenvalue weighted by Gasteiger charge is -2.10. The van der Waals surface area contributed by atoms with Gasteiger partial charge >= 0.3 is 6.09 Å². The maximum Gasteiger partial charge on any atom is 0.407 e. The molecule has 0 spiro atoms. The van der Waals surface area contributed by atoms with Crippen LogP contribution >= 0.6 is 0 Å². The Hall–Kier alpha value is -1.72. The Labute approximate surface area is 82.8 Å². The number of carbonyl (C=O) groups excluding carboxylic acids is 1. The van der Waals surface area contributed by atoms with Gasteiger partial charge in [0.15, 0.2) is 6.10 Å². The largest absolute Gasteiger partial charge is 0.439 e. The Morgan fingerprint density at radius 2 is 1.87 bits per heavy atom. The molecule has 1 N–H and O–H groups in total. The summed E-state index contributed by atoms with van der Waals surface area (Å²) in [6, 6.07) is 1.09. The summed E-state index contributed by atoms with van der Waals surface area (Å²) in [6.45, 7) is -0.0295. The van der Waals surface area contributed by atoms with E-state index in [1.807, 2.05) is 0 Å². The van der Waals surface area contributed by atoms with Crippen molar-refractivity contribution in [1.82, 2.24) is 5.32 Å². The maximum atomic E-state index is 13.2. The van der Waals surface area contributed by atoms with Crippen LogP contribution in [0.2, 0.25) is 0 Å². The van der Waals surface area contributed by atoms with E-state index < -0.39 is 35.2 Å². The van der Waals surface area contributed by atoms with Crippen molar-refractivity contribution in [3.05, 3.63) is 35.1 Å². The highest BCUT2D eigenvalue weighted by Gasteiger charge is 2.29. The first kappa shape index (κ1) is 9.82. The molecule has 3 nitrogen and oxygen atoms in total. The average molecular weight is 217 g/mol. The molecule has 0 aliphatic carbocycles. The molecule has 6 heteroatoms. The molecule has 1 saturated heterocycles. The monoisotopic (exact) mass is 217 g/mol. The topological polar surface area (TPSA) is 38.3 Å². The van der Waals surface area contributed by atoms with Gasteiger partial charge in [0.1, 0.15) is 17.5 Å². The number of halogens is 3. The number of hydrogen-bond donors (Lipinski definition) is 1. The lowest BCUT2D eigenvalue weighted by molar-refractivity contribution is 0.137. The van der Waals surface area contributed by atoms with Gasteiger partial charge in [-0.2, -0.15) is 0 Å². The first-order valence-corrected chi connectivity index (χ1v) is 4.17. The number of amides is 1. The third kappa shape index (κ3) is 1.74. The van der Waals surface area contributed by atoms with E-state index in [9.17, 15) is 18.0 Å². The van der Waals surface area contributed by atoms with Crippen LogP contribution in [-0.4, -0.2) is 12.6 Å². The van der Waals surface area contributed by atoms with Crippen LogP contribution < -0.4 is 5.32 Å². The van der Waals surface area contributed by atoms with Crippen LogP contribution in [0.1, 0.15) is 11.7 Å². The second kappa shape index (κ2) is 3.45. The van der Waals surface area contributed by atoms with Gasteiger partial charge in [0.25, 0.3) is 0 Å². The fourth-order valence-corrected chi connectivity index (χ4v) is 1.41. The first-order valence-electron chi connectivity index (χ1n) is 4.17. The molecule has 1 fully saturated rings. The van der Waals surface area contributed by atoms with E-state index in [4.69, 9.17) is 0 Å². The molecule has 1 aromatic rings. The van der Waals surface area contributed by atoms with Gasteiger partial charge in [0, 0.05) is 12.1 Å². The van der Waals surface area contributed by atoms with Crippen LogP contribution in [0.4, 0.5) is 18.0 Å². The Bertz CT molecular complexity index is 399. The lowest BCUT2D eigenvalue weighted by atomic mass is 10.1. The molecule has 1 heterocycles. The van der Waals surface area contributed by atoms with Gasteiger partial charge < -0.3 is 10.1 Å². The van der Waals surface area contributed by atoms with E-state index in [1.165, 1.54) is 0 Å². The minimum atomic E-state index is -1.06. The molecular formula is C9H6F3NO2. The smallest absolute Gasteiger partial charge is 0.407 e. The summed E-state index contributed by atoms with van der Waals surface area (Å²) < 4.78 is 43.5. The number of ether oxygens (including phenoxy) is 1. The number of benzene rings is 1. The molecule has 1 aliphatic heterocycles. The fourth-order valence-electron chi connectivity index (χ4n) is 1.41. The van der Waals surface area contributed by atoms with E-state index in [0.717, 1.165) is 0 Å². The number of nitrogens with one attached hydrogen (secondary N) is 1. The summed E-state index contributed by atoms with van der Waals surface area (Å²) in [5.41, 5.74) is -0.435. The fraction of sp³-hybridized carbons (Fsp3) is 0.222. The number of alkyl carbamates (subject to hydrolysis) is 1. The minimum absolute atomic E-state index is 0.0295. The molecule has 1 atom stereocenters. The number of hydrogen-bond acceptors (Lipinski definition) is 2. The van der Waals surface area contributed by atoms with E-state index in [2.05, 4.69) is 10.1 Å². The lowest BCUT2D eigenvalue weighted by Crippen LogP contribution is -2.13. The highest BCUT2D eigenvalue weighted by atomic mass is 19.1. The van der Waals surface area contributed by atoms with Gasteiger partial charge in [0.05, 0.1) is 12.1 Å². The zero-order chi connectivity index (χ0) is 11.0. The van der Waals surface area contributed by atoms with Crippen molar-refractivity contribution in [2.45, 2.75) is 6.10 Å². The predicted octanol–water partition coefficient (Wildman–Crippen LogP) is 1.88. The van der Waals surface area contributed by atoms with Gasteiger partial charge in [0.2, 0.25) is 0 Å². The minimum Gasteiger partial charge on any atom is -0.439 e. The molecular weight excluding hydrogens is 211 g/mol. The summed E-state index contributed by atoms with van der Waals surface area (Å²) in [6.07, 6.45) is -1.79. The highest BCUT2D eigenvalue weighted by molar-refractivity contribution is 5.69. The molecule has 0 radical (unpaired) electrons.